The van der Waals surface area contributed by atoms with E-state index in [-0.39, 0.29) is 13.1 Å². The molecule has 2 atom stereocenters. The largest absolute Gasteiger partial charge is 0.466 e. The highest BCUT2D eigenvalue weighted by Gasteiger charge is 2.24. The van der Waals surface area contributed by atoms with Gasteiger partial charge in [-0.25, -0.2) is 0 Å². The highest BCUT2D eigenvalue weighted by molar-refractivity contribution is 5.32. The summed E-state index contributed by atoms with van der Waals surface area (Å²) in [5.74, 6) is 2.07. The van der Waals surface area contributed by atoms with Crippen molar-refractivity contribution in [3.63, 3.8) is 0 Å². The van der Waals surface area contributed by atoms with Gasteiger partial charge in [0.05, 0.1) is 6.26 Å². The summed E-state index contributed by atoms with van der Waals surface area (Å²) >= 11 is 0. The van der Waals surface area contributed by atoms with Gasteiger partial charge in [-0.15, -0.1) is 0 Å². The molecule has 1 aliphatic rings. The summed E-state index contributed by atoms with van der Waals surface area (Å²) in [6, 6.07) is 16.3. The van der Waals surface area contributed by atoms with Crippen LogP contribution in [0.3, 0.4) is 0 Å². The number of rotatable bonds is 9. The van der Waals surface area contributed by atoms with E-state index in [4.69, 9.17) is 18.9 Å². The van der Waals surface area contributed by atoms with Crippen molar-refractivity contribution in [3.8, 4) is 11.5 Å². The van der Waals surface area contributed by atoms with Gasteiger partial charge in [0.2, 0.25) is 13.1 Å². The molecule has 0 aromatic heterocycles. The van der Waals surface area contributed by atoms with Gasteiger partial charge in [0.25, 0.3) is 0 Å². The van der Waals surface area contributed by atoms with E-state index in [2.05, 4.69) is 37.8 Å². The zero-order valence-electron chi connectivity index (χ0n) is 13.8. The number of hydrogen-bond acceptors (Lipinski definition) is 4. The zero-order valence-corrected chi connectivity index (χ0v) is 13.8. The normalized spacial score (nSPS) is 17.0. The summed E-state index contributed by atoms with van der Waals surface area (Å²) in [5.41, 5.74) is 2.56. The van der Waals surface area contributed by atoms with Gasteiger partial charge < -0.3 is 18.9 Å². The fourth-order valence-corrected chi connectivity index (χ4v) is 2.48. The van der Waals surface area contributed by atoms with Crippen molar-refractivity contribution < 1.29 is 18.9 Å². The van der Waals surface area contributed by atoms with Gasteiger partial charge in [0.1, 0.15) is 18.1 Å². The Morgan fingerprint density at radius 1 is 1.12 bits per heavy atom. The number of benzene rings is 2. The predicted octanol–water partition coefficient (Wildman–Crippen LogP) is 4.26. The van der Waals surface area contributed by atoms with Crippen LogP contribution in [0, 0.1) is 0 Å². The molecule has 4 nitrogen and oxygen atoms in total. The summed E-state index contributed by atoms with van der Waals surface area (Å²) < 4.78 is 21.0. The minimum absolute atomic E-state index is 0.0501. The Bertz CT molecular complexity index is 644. The van der Waals surface area contributed by atoms with Crippen LogP contribution >= 0.6 is 0 Å². The summed E-state index contributed by atoms with van der Waals surface area (Å²) in [5, 5.41) is 0. The molecule has 2 unspecified atom stereocenters. The average Bonchev–Trinajstić information content (AvgIpc) is 3.41. The monoisotopic (exact) mass is 326 g/mol. The summed E-state index contributed by atoms with van der Waals surface area (Å²) in [7, 11) is 0. The molecule has 0 spiro atoms. The summed E-state index contributed by atoms with van der Waals surface area (Å²) in [6.07, 6.45) is 2.28. The zero-order chi connectivity index (χ0) is 16.8. The molecule has 126 valence electrons. The maximum atomic E-state index is 5.58. The van der Waals surface area contributed by atoms with Crippen molar-refractivity contribution >= 4 is 0 Å². The second-order valence-corrected chi connectivity index (χ2v) is 5.79. The van der Waals surface area contributed by atoms with Gasteiger partial charge in [0, 0.05) is 0 Å². The fraction of sp³-hybridized carbons (Fsp3) is 0.300. The third-order valence-corrected chi connectivity index (χ3v) is 3.90. The van der Waals surface area contributed by atoms with Crippen LogP contribution in [-0.4, -0.2) is 19.7 Å². The third kappa shape index (κ3) is 4.77. The first-order chi connectivity index (χ1) is 11.7. The lowest BCUT2D eigenvalue weighted by Crippen LogP contribution is -2.01. The quantitative estimate of drug-likeness (QED) is 0.299. The molecule has 0 saturated carbocycles. The van der Waals surface area contributed by atoms with E-state index in [0.29, 0.717) is 12.5 Å². The number of hydrogen-bond donors (Lipinski definition) is 0. The third-order valence-electron chi connectivity index (χ3n) is 3.90. The molecule has 1 saturated heterocycles. The van der Waals surface area contributed by atoms with E-state index in [9.17, 15) is 0 Å². The van der Waals surface area contributed by atoms with E-state index < -0.39 is 0 Å². The number of epoxide rings is 1. The van der Waals surface area contributed by atoms with Gasteiger partial charge in [0.15, 0.2) is 0 Å². The molecule has 1 heterocycles. The van der Waals surface area contributed by atoms with Crippen LogP contribution in [0.5, 0.6) is 11.5 Å². The number of ether oxygens (including phenoxy) is 4. The first-order valence-electron chi connectivity index (χ1n) is 8.07. The molecular weight excluding hydrogens is 304 g/mol. The van der Waals surface area contributed by atoms with Gasteiger partial charge in [-0.1, -0.05) is 37.8 Å². The Morgan fingerprint density at radius 2 is 1.79 bits per heavy atom. The maximum Gasteiger partial charge on any atom is 0.229 e. The molecule has 2 aromatic rings. The second-order valence-electron chi connectivity index (χ2n) is 5.79. The molecule has 0 aliphatic carbocycles. The topological polar surface area (TPSA) is 40.2 Å². The first kappa shape index (κ1) is 16.4. The molecular formula is C20H22O4. The molecule has 1 aliphatic heterocycles. The highest BCUT2D eigenvalue weighted by atomic mass is 16.8. The molecule has 0 N–H and O–H groups in total. The molecule has 4 heteroatoms. The fourth-order valence-electron chi connectivity index (χ4n) is 2.48. The van der Waals surface area contributed by atoms with Crippen molar-refractivity contribution in [2.45, 2.75) is 25.6 Å². The van der Waals surface area contributed by atoms with Crippen molar-refractivity contribution in [2.75, 3.05) is 13.4 Å². The van der Waals surface area contributed by atoms with Gasteiger partial charge >= 0.3 is 0 Å². The van der Waals surface area contributed by atoms with E-state index in [1.54, 1.807) is 0 Å². The van der Waals surface area contributed by atoms with Crippen molar-refractivity contribution in [1.82, 2.24) is 0 Å². The van der Waals surface area contributed by atoms with Crippen molar-refractivity contribution in [1.29, 1.82) is 0 Å². The molecule has 3 rings (SSSR count). The lowest BCUT2D eigenvalue weighted by molar-refractivity contribution is 0.0806. The minimum Gasteiger partial charge on any atom is -0.466 e. The van der Waals surface area contributed by atoms with E-state index >= 15 is 0 Å². The second kappa shape index (κ2) is 7.88. The molecule has 24 heavy (non-hydrogen) atoms. The Kier molecular flexibility index (Phi) is 5.39. The predicted molar refractivity (Wildman–Crippen MR) is 92.1 cm³/mol. The summed E-state index contributed by atoms with van der Waals surface area (Å²) in [6.45, 7) is 6.57. The van der Waals surface area contributed by atoms with Gasteiger partial charge in [-0.05, 0) is 47.7 Å². The smallest absolute Gasteiger partial charge is 0.229 e. The van der Waals surface area contributed by atoms with Gasteiger partial charge in [-0.3, -0.25) is 0 Å². The first-order valence-corrected chi connectivity index (χ1v) is 8.07. The lowest BCUT2D eigenvalue weighted by Gasteiger charge is -2.13. The lowest BCUT2D eigenvalue weighted by atomic mass is 9.94. The molecule has 0 amide bonds. The Labute approximate surface area is 142 Å². The van der Waals surface area contributed by atoms with Crippen LogP contribution < -0.4 is 9.47 Å². The SMILES string of the molecule is C=COCOc1ccc(CC(C)c2ccc(OC3CO3)cc2)cc1. The van der Waals surface area contributed by atoms with Crippen LogP contribution in [-0.2, 0) is 15.9 Å². The Hall–Kier alpha value is -2.46. The molecule has 1 fully saturated rings. The van der Waals surface area contributed by atoms with E-state index in [1.165, 1.54) is 17.4 Å². The van der Waals surface area contributed by atoms with E-state index in [0.717, 1.165) is 17.9 Å². The Morgan fingerprint density at radius 3 is 2.42 bits per heavy atom. The van der Waals surface area contributed by atoms with E-state index in [1.807, 2.05) is 24.3 Å². The highest BCUT2D eigenvalue weighted by Crippen LogP contribution is 2.25. The summed E-state index contributed by atoms with van der Waals surface area (Å²) in [4.78, 5) is 0. The average molecular weight is 326 g/mol. The van der Waals surface area contributed by atoms with Crippen LogP contribution in [0.2, 0.25) is 0 Å². The van der Waals surface area contributed by atoms with Crippen LogP contribution in [0.1, 0.15) is 24.0 Å². The maximum absolute atomic E-state index is 5.58. The molecule has 0 bridgehead atoms. The minimum atomic E-state index is -0.0501. The Balaban J connectivity index is 1.53. The van der Waals surface area contributed by atoms with Crippen molar-refractivity contribution in [3.05, 3.63) is 72.5 Å². The van der Waals surface area contributed by atoms with Crippen LogP contribution in [0.25, 0.3) is 0 Å². The molecule has 2 aromatic carbocycles. The molecule has 0 radical (unpaired) electrons. The van der Waals surface area contributed by atoms with Crippen LogP contribution in [0.15, 0.2) is 61.4 Å². The van der Waals surface area contributed by atoms with Crippen LogP contribution in [0.4, 0.5) is 0 Å². The standard InChI is InChI=1S/C20H22O4/c1-3-21-14-23-18-8-4-16(5-9-18)12-15(2)17-6-10-19(11-7-17)24-20-13-22-20/h3-11,15,20H,1,12-14H2,2H3. The van der Waals surface area contributed by atoms with Crippen molar-refractivity contribution in [2.24, 2.45) is 0 Å². The van der Waals surface area contributed by atoms with Gasteiger partial charge in [-0.2, -0.15) is 0 Å².